The van der Waals surface area contributed by atoms with Crippen LogP contribution in [-0.2, 0) is 0 Å². The Bertz CT molecular complexity index is 723. The average Bonchev–Trinajstić information content (AvgIpc) is 2.90. The van der Waals surface area contributed by atoms with Crippen molar-refractivity contribution in [3.63, 3.8) is 0 Å². The summed E-state index contributed by atoms with van der Waals surface area (Å²) in [7, 11) is 0. The number of carbonyl (C=O) groups excluding carboxylic acids is 1. The largest absolute Gasteiger partial charge is 0.504 e. The summed E-state index contributed by atoms with van der Waals surface area (Å²) in [5.41, 5.74) is 1.26. The topological polar surface area (TPSA) is 79.2 Å². The summed E-state index contributed by atoms with van der Waals surface area (Å²) in [6, 6.07) is 4.34. The number of aryl methyl sites for hydroxylation is 1. The number of aromatic nitrogens is 2. The minimum Gasteiger partial charge on any atom is -0.504 e. The third kappa shape index (κ3) is 3.34. The fourth-order valence-corrected chi connectivity index (χ4v) is 2.75. The number of nitrogens with zero attached hydrogens (tertiary/aromatic N) is 2. The molecule has 3 rings (SSSR count). The minimum absolute atomic E-state index is 0.0211. The molecule has 0 radical (unpaired) electrons. The summed E-state index contributed by atoms with van der Waals surface area (Å²) >= 11 is 0. The van der Waals surface area contributed by atoms with Crippen molar-refractivity contribution in [2.24, 2.45) is 0 Å². The highest BCUT2D eigenvalue weighted by atomic mass is 19.1. The fraction of sp³-hybridized carbons (Fsp3) is 0.375. The molecule has 2 aromatic rings. The standard InChI is InChI=1S/C16H19FN4O2/c1-10-8-11(17)2-3-13(10)21-9-14(22)15(20-21)16(23)19-12-4-6-18-7-5-12/h2-3,8-9,12,18,22H,4-7H2,1H3,(H,19,23). The summed E-state index contributed by atoms with van der Waals surface area (Å²) in [4.78, 5) is 12.3. The molecular weight excluding hydrogens is 299 g/mol. The van der Waals surface area contributed by atoms with Gasteiger partial charge in [-0.3, -0.25) is 4.79 Å². The van der Waals surface area contributed by atoms with Crippen LogP contribution < -0.4 is 10.6 Å². The Balaban J connectivity index is 1.81. The lowest BCUT2D eigenvalue weighted by molar-refractivity contribution is 0.0921. The van der Waals surface area contributed by atoms with Crippen LogP contribution >= 0.6 is 0 Å². The summed E-state index contributed by atoms with van der Waals surface area (Å²) < 4.78 is 14.6. The molecule has 0 bridgehead atoms. The third-order valence-electron chi connectivity index (χ3n) is 3.99. The summed E-state index contributed by atoms with van der Waals surface area (Å²) in [5.74, 6) is -0.931. The highest BCUT2D eigenvalue weighted by Gasteiger charge is 2.22. The monoisotopic (exact) mass is 318 g/mol. The molecule has 1 fully saturated rings. The predicted octanol–water partition coefficient (Wildman–Crippen LogP) is 1.51. The van der Waals surface area contributed by atoms with Crippen molar-refractivity contribution in [3.05, 3.63) is 41.5 Å². The molecule has 1 amide bonds. The van der Waals surface area contributed by atoms with Gasteiger partial charge in [0.15, 0.2) is 11.4 Å². The molecule has 1 saturated heterocycles. The van der Waals surface area contributed by atoms with Crippen molar-refractivity contribution in [2.75, 3.05) is 13.1 Å². The molecular formula is C16H19FN4O2. The number of piperidine rings is 1. The maximum absolute atomic E-state index is 13.2. The Hall–Kier alpha value is -2.41. The van der Waals surface area contributed by atoms with Crippen LogP contribution in [0.25, 0.3) is 5.69 Å². The molecule has 0 atom stereocenters. The van der Waals surface area contributed by atoms with Crippen LogP contribution in [-0.4, -0.2) is 39.9 Å². The zero-order valence-corrected chi connectivity index (χ0v) is 12.8. The molecule has 6 nitrogen and oxygen atoms in total. The van der Waals surface area contributed by atoms with Gasteiger partial charge >= 0.3 is 0 Å². The molecule has 1 aliphatic heterocycles. The first-order valence-corrected chi connectivity index (χ1v) is 7.61. The van der Waals surface area contributed by atoms with Crippen LogP contribution in [0.2, 0.25) is 0 Å². The van der Waals surface area contributed by atoms with Crippen molar-refractivity contribution < 1.29 is 14.3 Å². The van der Waals surface area contributed by atoms with E-state index in [1.807, 2.05) is 0 Å². The van der Waals surface area contributed by atoms with Crippen LogP contribution in [0.15, 0.2) is 24.4 Å². The third-order valence-corrected chi connectivity index (χ3v) is 3.99. The second-order valence-electron chi connectivity index (χ2n) is 5.74. The highest BCUT2D eigenvalue weighted by Crippen LogP contribution is 2.21. The molecule has 1 aromatic carbocycles. The van der Waals surface area contributed by atoms with Gasteiger partial charge in [0.2, 0.25) is 0 Å². The number of rotatable bonds is 3. The molecule has 0 aliphatic carbocycles. The van der Waals surface area contributed by atoms with Crippen LogP contribution in [0, 0.1) is 12.7 Å². The Morgan fingerprint density at radius 1 is 1.43 bits per heavy atom. The van der Waals surface area contributed by atoms with Crippen LogP contribution in [0.3, 0.4) is 0 Å². The van der Waals surface area contributed by atoms with E-state index in [2.05, 4.69) is 15.7 Å². The van der Waals surface area contributed by atoms with E-state index in [0.29, 0.717) is 11.3 Å². The number of halogens is 1. The van der Waals surface area contributed by atoms with Crippen molar-refractivity contribution in [2.45, 2.75) is 25.8 Å². The Labute approximate surface area is 133 Å². The maximum Gasteiger partial charge on any atom is 0.275 e. The fourth-order valence-electron chi connectivity index (χ4n) is 2.75. The van der Waals surface area contributed by atoms with Gasteiger partial charge in [0.25, 0.3) is 5.91 Å². The van der Waals surface area contributed by atoms with E-state index in [1.54, 1.807) is 13.0 Å². The quantitative estimate of drug-likeness (QED) is 0.801. The number of benzene rings is 1. The van der Waals surface area contributed by atoms with Gasteiger partial charge in [-0.25, -0.2) is 9.07 Å². The van der Waals surface area contributed by atoms with Gasteiger partial charge < -0.3 is 15.7 Å². The van der Waals surface area contributed by atoms with Crippen molar-refractivity contribution in [1.29, 1.82) is 0 Å². The summed E-state index contributed by atoms with van der Waals surface area (Å²) in [6.45, 7) is 3.46. The van der Waals surface area contributed by atoms with E-state index in [1.165, 1.54) is 23.0 Å². The smallest absolute Gasteiger partial charge is 0.275 e. The van der Waals surface area contributed by atoms with Gasteiger partial charge in [-0.2, -0.15) is 5.10 Å². The summed E-state index contributed by atoms with van der Waals surface area (Å²) in [6.07, 6.45) is 3.06. The zero-order valence-electron chi connectivity index (χ0n) is 12.8. The lowest BCUT2D eigenvalue weighted by atomic mass is 10.1. The number of nitrogens with one attached hydrogen (secondary N) is 2. The molecule has 0 unspecified atom stereocenters. The number of aromatic hydroxyl groups is 1. The van der Waals surface area contributed by atoms with Crippen molar-refractivity contribution in [3.8, 4) is 11.4 Å². The molecule has 1 aliphatic rings. The first kappa shape index (κ1) is 15.5. The highest BCUT2D eigenvalue weighted by molar-refractivity contribution is 5.95. The molecule has 7 heteroatoms. The molecule has 0 spiro atoms. The SMILES string of the molecule is Cc1cc(F)ccc1-n1cc(O)c(C(=O)NC2CCNCC2)n1. The number of hydrogen-bond donors (Lipinski definition) is 3. The van der Waals surface area contributed by atoms with Gasteiger partial charge in [0.05, 0.1) is 11.9 Å². The van der Waals surface area contributed by atoms with E-state index in [4.69, 9.17) is 0 Å². The van der Waals surface area contributed by atoms with E-state index in [-0.39, 0.29) is 23.3 Å². The van der Waals surface area contributed by atoms with Crippen molar-refractivity contribution in [1.82, 2.24) is 20.4 Å². The van der Waals surface area contributed by atoms with Crippen LogP contribution in [0.4, 0.5) is 4.39 Å². The Kier molecular flexibility index (Phi) is 4.29. The first-order valence-electron chi connectivity index (χ1n) is 7.61. The lowest BCUT2D eigenvalue weighted by Crippen LogP contribution is -2.42. The number of hydrogen-bond acceptors (Lipinski definition) is 4. The van der Waals surface area contributed by atoms with Crippen LogP contribution in [0.5, 0.6) is 5.75 Å². The van der Waals surface area contributed by atoms with Gasteiger partial charge in [0.1, 0.15) is 5.82 Å². The maximum atomic E-state index is 13.2. The van der Waals surface area contributed by atoms with E-state index in [9.17, 15) is 14.3 Å². The molecule has 1 aromatic heterocycles. The van der Waals surface area contributed by atoms with Gasteiger partial charge in [0, 0.05) is 6.04 Å². The second kappa shape index (κ2) is 6.37. The van der Waals surface area contributed by atoms with Gasteiger partial charge in [-0.1, -0.05) is 0 Å². The lowest BCUT2D eigenvalue weighted by Gasteiger charge is -2.23. The number of carbonyl (C=O) groups is 1. The molecule has 2 heterocycles. The number of amides is 1. The first-order chi connectivity index (χ1) is 11.0. The van der Waals surface area contributed by atoms with Gasteiger partial charge in [-0.05, 0) is 56.6 Å². The Morgan fingerprint density at radius 3 is 2.87 bits per heavy atom. The Morgan fingerprint density at radius 2 is 2.17 bits per heavy atom. The second-order valence-corrected chi connectivity index (χ2v) is 5.74. The van der Waals surface area contributed by atoms with Crippen molar-refractivity contribution >= 4 is 5.91 Å². The van der Waals surface area contributed by atoms with Gasteiger partial charge in [-0.15, -0.1) is 0 Å². The molecule has 0 saturated carbocycles. The van der Waals surface area contributed by atoms with E-state index >= 15 is 0 Å². The summed E-state index contributed by atoms with van der Waals surface area (Å²) in [5, 5.41) is 20.3. The van der Waals surface area contributed by atoms with E-state index in [0.717, 1.165) is 25.9 Å². The predicted molar refractivity (Wildman–Crippen MR) is 83.3 cm³/mol. The molecule has 23 heavy (non-hydrogen) atoms. The van der Waals surface area contributed by atoms with E-state index < -0.39 is 5.91 Å². The normalized spacial score (nSPS) is 15.6. The molecule has 3 N–H and O–H groups in total. The minimum atomic E-state index is -0.395. The van der Waals surface area contributed by atoms with Crippen LogP contribution in [0.1, 0.15) is 28.9 Å². The molecule has 122 valence electrons. The zero-order chi connectivity index (χ0) is 16.4. The average molecular weight is 318 g/mol.